The van der Waals surface area contributed by atoms with Crippen LogP contribution in [0.2, 0.25) is 0 Å². The Kier molecular flexibility index (Phi) is 4.27. The minimum Gasteiger partial charge on any atom is -0.353 e. The van der Waals surface area contributed by atoms with Crippen LogP contribution in [0.4, 0.5) is 5.82 Å². The minimum atomic E-state index is 0.220. The van der Waals surface area contributed by atoms with Crippen LogP contribution in [0.25, 0.3) is 5.82 Å². The van der Waals surface area contributed by atoms with E-state index >= 15 is 0 Å². The molecule has 1 aliphatic rings. The Hall–Kier alpha value is -2.44. The van der Waals surface area contributed by atoms with Crippen molar-refractivity contribution in [3.63, 3.8) is 0 Å². The van der Waals surface area contributed by atoms with Crippen LogP contribution in [0.3, 0.4) is 0 Å². The maximum absolute atomic E-state index is 11.8. The summed E-state index contributed by atoms with van der Waals surface area (Å²) >= 11 is 0. The average molecular weight is 314 g/mol. The van der Waals surface area contributed by atoms with Crippen LogP contribution in [0.1, 0.15) is 24.7 Å². The molecule has 23 heavy (non-hydrogen) atoms. The van der Waals surface area contributed by atoms with Gasteiger partial charge in [0.1, 0.15) is 24.3 Å². The highest BCUT2D eigenvalue weighted by molar-refractivity contribution is 5.76. The van der Waals surface area contributed by atoms with Crippen molar-refractivity contribution in [2.24, 2.45) is 0 Å². The van der Waals surface area contributed by atoms with E-state index in [9.17, 15) is 4.79 Å². The maximum atomic E-state index is 11.8. The molecule has 1 fully saturated rings. The van der Waals surface area contributed by atoms with Gasteiger partial charge in [0.25, 0.3) is 0 Å². The largest absolute Gasteiger partial charge is 0.353 e. The van der Waals surface area contributed by atoms with Crippen LogP contribution in [0.5, 0.6) is 0 Å². The van der Waals surface area contributed by atoms with Gasteiger partial charge in [-0.1, -0.05) is 6.92 Å². The predicted molar refractivity (Wildman–Crippen MR) is 87.7 cm³/mol. The van der Waals surface area contributed by atoms with E-state index < -0.39 is 0 Å². The van der Waals surface area contributed by atoms with Gasteiger partial charge >= 0.3 is 0 Å². The van der Waals surface area contributed by atoms with Gasteiger partial charge in [-0.05, 0) is 13.8 Å². The van der Waals surface area contributed by atoms with Crippen LogP contribution in [-0.4, -0.2) is 56.5 Å². The molecule has 1 aliphatic heterocycles. The summed E-state index contributed by atoms with van der Waals surface area (Å²) in [7, 11) is 0. The molecule has 0 atom stereocenters. The number of anilines is 1. The Morgan fingerprint density at radius 3 is 2.39 bits per heavy atom. The molecule has 2 aromatic rings. The van der Waals surface area contributed by atoms with E-state index in [0.717, 1.165) is 49.2 Å². The smallest absolute Gasteiger partial charge is 0.222 e. The molecular formula is C16H22N6O. The van der Waals surface area contributed by atoms with E-state index in [1.807, 2.05) is 36.3 Å². The summed E-state index contributed by atoms with van der Waals surface area (Å²) in [6.45, 7) is 9.00. The summed E-state index contributed by atoms with van der Waals surface area (Å²) in [5.41, 5.74) is 2.07. The number of carbonyl (C=O) groups is 1. The van der Waals surface area contributed by atoms with Crippen LogP contribution < -0.4 is 4.90 Å². The second-order valence-corrected chi connectivity index (χ2v) is 5.74. The number of aromatic nitrogens is 4. The molecule has 0 aromatic carbocycles. The molecule has 0 aliphatic carbocycles. The van der Waals surface area contributed by atoms with Gasteiger partial charge in [-0.3, -0.25) is 9.36 Å². The van der Waals surface area contributed by atoms with Crippen molar-refractivity contribution < 1.29 is 4.79 Å². The lowest BCUT2D eigenvalue weighted by Crippen LogP contribution is -2.48. The molecule has 122 valence electrons. The van der Waals surface area contributed by atoms with Crippen molar-refractivity contribution in [2.45, 2.75) is 27.2 Å². The fourth-order valence-electron chi connectivity index (χ4n) is 2.78. The van der Waals surface area contributed by atoms with Gasteiger partial charge in [0.05, 0.1) is 5.69 Å². The van der Waals surface area contributed by atoms with Crippen molar-refractivity contribution >= 4 is 11.7 Å². The molecule has 1 saturated heterocycles. The summed E-state index contributed by atoms with van der Waals surface area (Å²) in [6.07, 6.45) is 3.94. The van der Waals surface area contributed by atoms with Crippen molar-refractivity contribution in [1.29, 1.82) is 0 Å². The Balaban J connectivity index is 1.76. The topological polar surface area (TPSA) is 67.2 Å². The highest BCUT2D eigenvalue weighted by atomic mass is 16.2. The molecule has 0 spiro atoms. The van der Waals surface area contributed by atoms with Gasteiger partial charge in [-0.15, -0.1) is 0 Å². The molecule has 0 saturated carbocycles. The summed E-state index contributed by atoms with van der Waals surface area (Å²) in [5.74, 6) is 1.93. The molecule has 1 amide bonds. The number of carbonyl (C=O) groups excluding carboxylic acids is 1. The lowest BCUT2D eigenvalue weighted by molar-refractivity contribution is -0.131. The highest BCUT2D eigenvalue weighted by Gasteiger charge is 2.21. The normalized spacial score (nSPS) is 15.1. The van der Waals surface area contributed by atoms with Crippen molar-refractivity contribution in [1.82, 2.24) is 24.4 Å². The molecule has 0 N–H and O–H groups in total. The number of hydrogen-bond donors (Lipinski definition) is 0. The third-order valence-corrected chi connectivity index (χ3v) is 4.40. The van der Waals surface area contributed by atoms with E-state index in [0.29, 0.717) is 6.42 Å². The van der Waals surface area contributed by atoms with E-state index in [-0.39, 0.29) is 5.91 Å². The first-order valence-corrected chi connectivity index (χ1v) is 7.96. The number of amides is 1. The number of piperazine rings is 1. The lowest BCUT2D eigenvalue weighted by Gasteiger charge is -2.35. The van der Waals surface area contributed by atoms with E-state index in [1.54, 1.807) is 12.7 Å². The zero-order valence-electron chi connectivity index (χ0n) is 13.9. The Labute approximate surface area is 136 Å². The summed E-state index contributed by atoms with van der Waals surface area (Å²) in [5, 5.41) is 0. The third kappa shape index (κ3) is 3.04. The van der Waals surface area contributed by atoms with E-state index in [1.165, 1.54) is 0 Å². The molecule has 0 radical (unpaired) electrons. The first kappa shape index (κ1) is 15.5. The van der Waals surface area contributed by atoms with Gasteiger partial charge in [-0.25, -0.2) is 15.0 Å². The summed E-state index contributed by atoms with van der Waals surface area (Å²) in [4.78, 5) is 28.9. The molecule has 0 bridgehead atoms. The molecule has 7 nitrogen and oxygen atoms in total. The molecule has 7 heteroatoms. The third-order valence-electron chi connectivity index (χ3n) is 4.40. The van der Waals surface area contributed by atoms with Gasteiger partial charge in [-0.2, -0.15) is 0 Å². The monoisotopic (exact) mass is 314 g/mol. The Morgan fingerprint density at radius 1 is 1.09 bits per heavy atom. The van der Waals surface area contributed by atoms with Crippen molar-refractivity contribution in [3.05, 3.63) is 30.1 Å². The molecule has 3 rings (SSSR count). The number of imidazole rings is 1. The van der Waals surface area contributed by atoms with Crippen molar-refractivity contribution in [3.8, 4) is 5.82 Å². The molecular weight excluding hydrogens is 292 g/mol. The van der Waals surface area contributed by atoms with E-state index in [4.69, 9.17) is 0 Å². The first-order chi connectivity index (χ1) is 11.1. The first-order valence-electron chi connectivity index (χ1n) is 7.96. The van der Waals surface area contributed by atoms with Gasteiger partial charge in [0, 0.05) is 44.4 Å². The molecule has 0 unspecified atom stereocenters. The second-order valence-electron chi connectivity index (χ2n) is 5.74. The minimum absolute atomic E-state index is 0.220. The number of aryl methyl sites for hydroxylation is 1. The summed E-state index contributed by atoms with van der Waals surface area (Å²) < 4.78 is 1.97. The molecule has 3 heterocycles. The van der Waals surface area contributed by atoms with Gasteiger partial charge < -0.3 is 9.80 Å². The Bertz CT molecular complexity index is 702. The maximum Gasteiger partial charge on any atom is 0.222 e. The molecule has 2 aromatic heterocycles. The van der Waals surface area contributed by atoms with E-state index in [2.05, 4.69) is 19.9 Å². The summed E-state index contributed by atoms with van der Waals surface area (Å²) in [6, 6.07) is 1.98. The predicted octanol–water partition coefficient (Wildman–Crippen LogP) is 1.34. The quantitative estimate of drug-likeness (QED) is 0.855. The fourth-order valence-corrected chi connectivity index (χ4v) is 2.78. The Morgan fingerprint density at radius 2 is 1.78 bits per heavy atom. The van der Waals surface area contributed by atoms with Crippen LogP contribution >= 0.6 is 0 Å². The highest BCUT2D eigenvalue weighted by Crippen LogP contribution is 2.18. The standard InChI is InChI=1S/C16H22N6O/c1-4-16(23)21-7-5-20(6-8-21)14-9-15(18-10-17-14)22-11-19-12(2)13(22)3/h9-11H,4-8H2,1-3H3. The number of rotatable bonds is 3. The average Bonchev–Trinajstić information content (AvgIpc) is 2.93. The number of hydrogen-bond acceptors (Lipinski definition) is 5. The lowest BCUT2D eigenvalue weighted by atomic mass is 10.3. The SMILES string of the molecule is CCC(=O)N1CCN(c2cc(-n3cnc(C)c3C)ncn2)CC1. The van der Waals surface area contributed by atoms with Crippen LogP contribution in [0.15, 0.2) is 18.7 Å². The van der Waals surface area contributed by atoms with Crippen LogP contribution in [0, 0.1) is 13.8 Å². The van der Waals surface area contributed by atoms with Gasteiger partial charge in [0.2, 0.25) is 5.91 Å². The zero-order chi connectivity index (χ0) is 16.4. The zero-order valence-corrected chi connectivity index (χ0v) is 13.9. The van der Waals surface area contributed by atoms with Gasteiger partial charge in [0.15, 0.2) is 0 Å². The van der Waals surface area contributed by atoms with Crippen LogP contribution in [-0.2, 0) is 4.79 Å². The van der Waals surface area contributed by atoms with Crippen molar-refractivity contribution in [2.75, 3.05) is 31.1 Å². The number of nitrogens with zero attached hydrogens (tertiary/aromatic N) is 6. The second kappa shape index (κ2) is 6.36. The fraction of sp³-hybridized carbons (Fsp3) is 0.500.